The number of carbonyl (C=O) groups is 1. The van der Waals surface area contributed by atoms with Crippen LogP contribution in [0.1, 0.15) is 38.2 Å². The van der Waals surface area contributed by atoms with Crippen LogP contribution in [0.2, 0.25) is 0 Å². The molecule has 1 aliphatic carbocycles. The van der Waals surface area contributed by atoms with Gasteiger partial charge in [-0.05, 0) is 37.5 Å². The summed E-state index contributed by atoms with van der Waals surface area (Å²) in [6.07, 6.45) is 3.77. The summed E-state index contributed by atoms with van der Waals surface area (Å²) in [4.78, 5) is 12.8. The Morgan fingerprint density at radius 2 is 1.89 bits per heavy atom. The van der Waals surface area contributed by atoms with Crippen LogP contribution in [0, 0.1) is 5.92 Å². The first kappa shape index (κ1) is 23.1. The molecule has 1 saturated heterocycles. The fourth-order valence-electron chi connectivity index (χ4n) is 3.82. The van der Waals surface area contributed by atoms with Gasteiger partial charge in [0.05, 0.1) is 24.0 Å². The molecule has 1 amide bonds. The summed E-state index contributed by atoms with van der Waals surface area (Å²) in [5.74, 6) is -0.197. The summed E-state index contributed by atoms with van der Waals surface area (Å²) in [7, 11) is -3.49. The van der Waals surface area contributed by atoms with E-state index in [9.17, 15) is 13.2 Å². The summed E-state index contributed by atoms with van der Waals surface area (Å²) in [6, 6.07) is 6.69. The number of rotatable bonds is 5. The minimum absolute atomic E-state index is 0. The summed E-state index contributed by atoms with van der Waals surface area (Å²) in [5.41, 5.74) is 6.69. The van der Waals surface area contributed by atoms with E-state index in [1.165, 1.54) is 4.31 Å². The normalized spacial score (nSPS) is 26.3. The molecule has 0 bridgehead atoms. The predicted octanol–water partition coefficient (Wildman–Crippen LogP) is 1.65. The molecule has 3 N–H and O–H groups in total. The quantitative estimate of drug-likeness (QED) is 0.738. The number of carbonyl (C=O) groups excluding carboxylic acids is 1. The van der Waals surface area contributed by atoms with Crippen LogP contribution < -0.4 is 11.1 Å². The molecule has 1 aliphatic heterocycles. The lowest BCUT2D eigenvalue weighted by Crippen LogP contribution is -2.52. The number of nitrogens with zero attached hydrogens (tertiary/aromatic N) is 1. The van der Waals surface area contributed by atoms with Gasteiger partial charge in [0.1, 0.15) is 0 Å². The molecule has 0 radical (unpaired) electrons. The first-order valence-electron chi connectivity index (χ1n) is 9.54. The second kappa shape index (κ2) is 9.54. The number of halogens is 1. The van der Waals surface area contributed by atoms with Crippen molar-refractivity contribution in [3.63, 3.8) is 0 Å². The van der Waals surface area contributed by atoms with Gasteiger partial charge in [0.15, 0.2) is 0 Å². The van der Waals surface area contributed by atoms with E-state index < -0.39 is 15.6 Å². The van der Waals surface area contributed by atoms with Crippen LogP contribution >= 0.6 is 12.4 Å². The van der Waals surface area contributed by atoms with Gasteiger partial charge in [-0.3, -0.25) is 4.79 Å². The van der Waals surface area contributed by atoms with Crippen molar-refractivity contribution in [2.45, 2.75) is 49.6 Å². The van der Waals surface area contributed by atoms with E-state index in [1.54, 1.807) is 24.3 Å². The van der Waals surface area contributed by atoms with Gasteiger partial charge < -0.3 is 15.8 Å². The molecule has 3 rings (SSSR count). The molecule has 2 unspecified atom stereocenters. The van der Waals surface area contributed by atoms with E-state index in [-0.39, 0.29) is 29.1 Å². The Balaban J connectivity index is 0.00000280. The lowest BCUT2D eigenvalue weighted by atomic mass is 9.74. The Labute approximate surface area is 173 Å². The number of benzene rings is 1. The Bertz CT molecular complexity index is 762. The third-order valence-electron chi connectivity index (χ3n) is 5.57. The first-order valence-corrected chi connectivity index (χ1v) is 11.0. The smallest absolute Gasteiger partial charge is 0.243 e. The third kappa shape index (κ3) is 5.24. The second-order valence-corrected chi connectivity index (χ2v) is 9.62. The van der Waals surface area contributed by atoms with Crippen LogP contribution in [-0.2, 0) is 26.1 Å². The Morgan fingerprint density at radius 3 is 2.50 bits per heavy atom. The van der Waals surface area contributed by atoms with E-state index in [0.29, 0.717) is 32.8 Å². The number of nitrogens with two attached hydrogens (primary N) is 1. The van der Waals surface area contributed by atoms with Gasteiger partial charge in [-0.2, -0.15) is 4.31 Å². The Morgan fingerprint density at radius 1 is 1.25 bits per heavy atom. The summed E-state index contributed by atoms with van der Waals surface area (Å²) < 4.78 is 31.9. The molecule has 1 saturated carbocycles. The van der Waals surface area contributed by atoms with Gasteiger partial charge in [0.25, 0.3) is 0 Å². The number of nitrogens with one attached hydrogen (secondary N) is 1. The average molecular weight is 432 g/mol. The fraction of sp³-hybridized carbons (Fsp3) is 0.632. The standard InChI is InChI=1S/C19H29N3O4S.ClH/c1-19(20)9-3-2-4-17(19)18(23)21-14-15-5-7-16(8-6-15)27(24,25)22-10-12-26-13-11-22;/h5-8,17H,2-4,9-14,20H2,1H3,(H,21,23);1H. The number of morpholine rings is 1. The van der Waals surface area contributed by atoms with Crippen molar-refractivity contribution in [1.82, 2.24) is 9.62 Å². The SMILES string of the molecule is CC1(N)CCCCC1C(=O)NCc1ccc(S(=O)(=O)N2CCOCC2)cc1.Cl. The zero-order chi connectivity index (χ0) is 19.5. The molecule has 1 aromatic carbocycles. The maximum atomic E-state index is 12.6. The molecular formula is C19H30ClN3O4S. The van der Waals surface area contributed by atoms with Gasteiger partial charge in [-0.1, -0.05) is 25.0 Å². The maximum Gasteiger partial charge on any atom is 0.243 e. The molecule has 1 aromatic rings. The van der Waals surface area contributed by atoms with Crippen molar-refractivity contribution in [2.24, 2.45) is 11.7 Å². The van der Waals surface area contributed by atoms with Crippen LogP contribution in [0.25, 0.3) is 0 Å². The first-order chi connectivity index (χ1) is 12.8. The van der Waals surface area contributed by atoms with E-state index >= 15 is 0 Å². The zero-order valence-corrected chi connectivity index (χ0v) is 17.9. The molecule has 9 heteroatoms. The van der Waals surface area contributed by atoms with Crippen molar-refractivity contribution in [1.29, 1.82) is 0 Å². The highest BCUT2D eigenvalue weighted by Gasteiger charge is 2.37. The van der Waals surface area contributed by atoms with E-state index in [0.717, 1.165) is 31.2 Å². The Hall–Kier alpha value is -1.19. The summed E-state index contributed by atoms with van der Waals surface area (Å²) >= 11 is 0. The van der Waals surface area contributed by atoms with Crippen LogP contribution in [0.5, 0.6) is 0 Å². The molecule has 7 nitrogen and oxygen atoms in total. The predicted molar refractivity (Wildman–Crippen MR) is 110 cm³/mol. The lowest BCUT2D eigenvalue weighted by Gasteiger charge is -2.37. The van der Waals surface area contributed by atoms with E-state index in [2.05, 4.69) is 5.32 Å². The van der Waals surface area contributed by atoms with Crippen LogP contribution in [0.15, 0.2) is 29.2 Å². The van der Waals surface area contributed by atoms with Gasteiger partial charge in [-0.15, -0.1) is 12.4 Å². The molecule has 28 heavy (non-hydrogen) atoms. The molecule has 0 spiro atoms. The Kier molecular flexibility index (Phi) is 7.87. The lowest BCUT2D eigenvalue weighted by molar-refractivity contribution is -0.128. The second-order valence-electron chi connectivity index (χ2n) is 7.68. The molecule has 0 aromatic heterocycles. The van der Waals surface area contributed by atoms with E-state index in [1.807, 2.05) is 6.92 Å². The zero-order valence-electron chi connectivity index (χ0n) is 16.2. The average Bonchev–Trinajstić information content (AvgIpc) is 2.67. The topological polar surface area (TPSA) is 102 Å². The molecule has 2 fully saturated rings. The molecule has 158 valence electrons. The van der Waals surface area contributed by atoms with Crippen molar-refractivity contribution in [3.05, 3.63) is 29.8 Å². The number of sulfonamides is 1. The van der Waals surface area contributed by atoms with Gasteiger partial charge in [0.2, 0.25) is 15.9 Å². The number of amides is 1. The molecule has 2 aliphatic rings. The van der Waals surface area contributed by atoms with Gasteiger partial charge in [-0.25, -0.2) is 8.42 Å². The summed E-state index contributed by atoms with van der Waals surface area (Å²) in [6.45, 7) is 3.90. The minimum Gasteiger partial charge on any atom is -0.379 e. The molecular weight excluding hydrogens is 402 g/mol. The monoisotopic (exact) mass is 431 g/mol. The van der Waals surface area contributed by atoms with E-state index in [4.69, 9.17) is 10.5 Å². The van der Waals surface area contributed by atoms with Crippen molar-refractivity contribution in [2.75, 3.05) is 26.3 Å². The number of ether oxygens (including phenoxy) is 1. The molecule has 2 atom stereocenters. The fourth-order valence-corrected chi connectivity index (χ4v) is 5.22. The summed E-state index contributed by atoms with van der Waals surface area (Å²) in [5, 5.41) is 2.95. The highest BCUT2D eigenvalue weighted by Crippen LogP contribution is 2.31. The van der Waals surface area contributed by atoms with Crippen molar-refractivity contribution < 1.29 is 17.9 Å². The minimum atomic E-state index is -3.49. The number of hydrogen-bond donors (Lipinski definition) is 2. The van der Waals surface area contributed by atoms with Crippen LogP contribution in [-0.4, -0.2) is 50.5 Å². The van der Waals surface area contributed by atoms with Gasteiger partial charge >= 0.3 is 0 Å². The van der Waals surface area contributed by atoms with Gasteiger partial charge in [0, 0.05) is 25.2 Å². The molecule has 1 heterocycles. The largest absolute Gasteiger partial charge is 0.379 e. The maximum absolute atomic E-state index is 12.6. The highest BCUT2D eigenvalue weighted by molar-refractivity contribution is 7.89. The van der Waals surface area contributed by atoms with Crippen LogP contribution in [0.4, 0.5) is 0 Å². The van der Waals surface area contributed by atoms with Crippen molar-refractivity contribution >= 4 is 28.3 Å². The third-order valence-corrected chi connectivity index (χ3v) is 7.48. The van der Waals surface area contributed by atoms with Crippen LogP contribution in [0.3, 0.4) is 0 Å². The highest BCUT2D eigenvalue weighted by atomic mass is 35.5. The number of hydrogen-bond acceptors (Lipinski definition) is 5. The van der Waals surface area contributed by atoms with Crippen molar-refractivity contribution in [3.8, 4) is 0 Å².